The van der Waals surface area contributed by atoms with Gasteiger partial charge in [0.1, 0.15) is 0 Å². The summed E-state index contributed by atoms with van der Waals surface area (Å²) in [4.78, 5) is 15.9. The van der Waals surface area contributed by atoms with Crippen molar-refractivity contribution in [1.29, 1.82) is 0 Å². The standard InChI is InChI=1S/C16H19N3O2/c1-21-10-9-19-13-17-11-15(19)12-18-16(20)8-7-14-5-3-2-4-6-14/h2-8,11,13H,9-10,12H2,1H3,(H,18,20)/b8-7+. The van der Waals surface area contributed by atoms with E-state index in [4.69, 9.17) is 4.74 Å². The molecule has 0 atom stereocenters. The van der Waals surface area contributed by atoms with Crippen LogP contribution in [0.25, 0.3) is 6.08 Å². The second-order valence-electron chi connectivity index (χ2n) is 4.53. The third-order valence-corrected chi connectivity index (χ3v) is 3.01. The van der Waals surface area contributed by atoms with E-state index in [1.807, 2.05) is 34.9 Å². The number of methoxy groups -OCH3 is 1. The van der Waals surface area contributed by atoms with Gasteiger partial charge in [-0.2, -0.15) is 0 Å². The van der Waals surface area contributed by atoms with Crippen molar-refractivity contribution in [1.82, 2.24) is 14.9 Å². The van der Waals surface area contributed by atoms with Crippen molar-refractivity contribution < 1.29 is 9.53 Å². The zero-order valence-electron chi connectivity index (χ0n) is 12.0. The highest BCUT2D eigenvalue weighted by molar-refractivity contribution is 5.91. The fourth-order valence-electron chi connectivity index (χ4n) is 1.86. The van der Waals surface area contributed by atoms with Gasteiger partial charge in [0.2, 0.25) is 5.91 Å². The molecule has 0 aliphatic heterocycles. The molecule has 0 radical (unpaired) electrons. The maximum Gasteiger partial charge on any atom is 0.244 e. The summed E-state index contributed by atoms with van der Waals surface area (Å²) in [5.74, 6) is -0.127. The summed E-state index contributed by atoms with van der Waals surface area (Å²) in [5.41, 5.74) is 1.95. The Hall–Kier alpha value is -2.40. The molecule has 0 unspecified atom stereocenters. The van der Waals surface area contributed by atoms with Crippen molar-refractivity contribution in [2.45, 2.75) is 13.1 Å². The van der Waals surface area contributed by atoms with E-state index >= 15 is 0 Å². The molecule has 0 fully saturated rings. The molecule has 0 aliphatic carbocycles. The van der Waals surface area contributed by atoms with Gasteiger partial charge >= 0.3 is 0 Å². The molecule has 1 aromatic heterocycles. The van der Waals surface area contributed by atoms with Gasteiger partial charge in [-0.1, -0.05) is 30.3 Å². The number of benzene rings is 1. The molecule has 21 heavy (non-hydrogen) atoms. The Bertz CT molecular complexity index is 591. The molecular formula is C16H19N3O2. The van der Waals surface area contributed by atoms with Gasteiger partial charge in [-0.3, -0.25) is 4.79 Å². The third-order valence-electron chi connectivity index (χ3n) is 3.01. The minimum atomic E-state index is -0.127. The molecule has 1 N–H and O–H groups in total. The van der Waals surface area contributed by atoms with Crippen LogP contribution in [0.5, 0.6) is 0 Å². The lowest BCUT2D eigenvalue weighted by molar-refractivity contribution is -0.116. The number of aromatic nitrogens is 2. The Morgan fingerprint density at radius 1 is 1.38 bits per heavy atom. The molecular weight excluding hydrogens is 266 g/mol. The number of rotatable bonds is 7. The summed E-state index contributed by atoms with van der Waals surface area (Å²) in [6, 6.07) is 9.71. The van der Waals surface area contributed by atoms with E-state index in [1.54, 1.807) is 25.7 Å². The first kappa shape index (κ1) is 15.0. The number of amides is 1. The molecule has 0 bridgehead atoms. The van der Waals surface area contributed by atoms with E-state index in [0.717, 1.165) is 17.8 Å². The molecule has 0 aliphatic rings. The third kappa shape index (κ3) is 4.89. The number of hydrogen-bond acceptors (Lipinski definition) is 3. The van der Waals surface area contributed by atoms with Gasteiger partial charge in [0, 0.05) is 25.9 Å². The fourth-order valence-corrected chi connectivity index (χ4v) is 1.86. The van der Waals surface area contributed by atoms with Crippen LogP contribution in [0.4, 0.5) is 0 Å². The first-order valence-electron chi connectivity index (χ1n) is 6.78. The molecule has 5 nitrogen and oxygen atoms in total. The van der Waals surface area contributed by atoms with E-state index in [0.29, 0.717) is 13.2 Å². The van der Waals surface area contributed by atoms with Crippen molar-refractivity contribution in [3.63, 3.8) is 0 Å². The number of nitrogens with zero attached hydrogens (tertiary/aromatic N) is 2. The Morgan fingerprint density at radius 3 is 2.95 bits per heavy atom. The Morgan fingerprint density at radius 2 is 2.19 bits per heavy atom. The number of carbonyl (C=O) groups is 1. The molecule has 1 heterocycles. The zero-order valence-corrected chi connectivity index (χ0v) is 12.0. The largest absolute Gasteiger partial charge is 0.383 e. The Kier molecular flexibility index (Phi) is 5.72. The number of hydrogen-bond donors (Lipinski definition) is 1. The summed E-state index contributed by atoms with van der Waals surface area (Å²) in [6.07, 6.45) is 6.81. The summed E-state index contributed by atoms with van der Waals surface area (Å²) in [5, 5.41) is 2.84. The molecule has 2 aromatic rings. The van der Waals surface area contributed by atoms with Crippen molar-refractivity contribution in [3.05, 3.63) is 60.2 Å². The van der Waals surface area contributed by atoms with Gasteiger partial charge in [-0.05, 0) is 11.6 Å². The number of nitrogens with one attached hydrogen (secondary N) is 1. The second-order valence-corrected chi connectivity index (χ2v) is 4.53. The predicted octanol–water partition coefficient (Wildman–Crippen LogP) is 1.86. The predicted molar refractivity (Wildman–Crippen MR) is 81.4 cm³/mol. The number of carbonyl (C=O) groups excluding carboxylic acids is 1. The average Bonchev–Trinajstić information content (AvgIpc) is 2.97. The Labute approximate surface area is 124 Å². The smallest absolute Gasteiger partial charge is 0.244 e. The SMILES string of the molecule is COCCn1cncc1CNC(=O)/C=C/c1ccccc1. The van der Waals surface area contributed by atoms with Crippen LogP contribution >= 0.6 is 0 Å². The summed E-state index contributed by atoms with van der Waals surface area (Å²) < 4.78 is 7.00. The van der Waals surface area contributed by atoms with Crippen molar-refractivity contribution >= 4 is 12.0 Å². The lowest BCUT2D eigenvalue weighted by atomic mass is 10.2. The highest BCUT2D eigenvalue weighted by Gasteiger charge is 2.03. The number of imidazole rings is 1. The highest BCUT2D eigenvalue weighted by atomic mass is 16.5. The van der Waals surface area contributed by atoms with Crippen LogP contribution in [0.3, 0.4) is 0 Å². The van der Waals surface area contributed by atoms with Gasteiger partial charge in [0.05, 0.1) is 25.2 Å². The maximum absolute atomic E-state index is 11.8. The van der Waals surface area contributed by atoms with Gasteiger partial charge in [-0.25, -0.2) is 4.98 Å². The molecule has 0 saturated heterocycles. The van der Waals surface area contributed by atoms with Crippen LogP contribution in [0.1, 0.15) is 11.3 Å². The highest BCUT2D eigenvalue weighted by Crippen LogP contribution is 2.01. The normalized spacial score (nSPS) is 10.9. The molecule has 1 amide bonds. The molecule has 0 saturated carbocycles. The van der Waals surface area contributed by atoms with Crippen LogP contribution in [0.15, 0.2) is 48.9 Å². The quantitative estimate of drug-likeness (QED) is 0.790. The van der Waals surface area contributed by atoms with E-state index in [1.165, 1.54) is 6.08 Å². The average molecular weight is 285 g/mol. The Balaban J connectivity index is 1.84. The van der Waals surface area contributed by atoms with E-state index in [-0.39, 0.29) is 5.91 Å². The molecule has 5 heteroatoms. The minimum Gasteiger partial charge on any atom is -0.383 e. The lowest BCUT2D eigenvalue weighted by Crippen LogP contribution is -2.22. The second kappa shape index (κ2) is 8.01. The zero-order chi connectivity index (χ0) is 14.9. The minimum absolute atomic E-state index is 0.127. The molecule has 110 valence electrons. The van der Waals surface area contributed by atoms with Crippen LogP contribution in [-0.4, -0.2) is 29.2 Å². The van der Waals surface area contributed by atoms with Crippen molar-refractivity contribution in [3.8, 4) is 0 Å². The summed E-state index contributed by atoms with van der Waals surface area (Å²) >= 11 is 0. The summed E-state index contributed by atoms with van der Waals surface area (Å²) in [7, 11) is 1.66. The first-order chi connectivity index (χ1) is 10.3. The van der Waals surface area contributed by atoms with E-state index < -0.39 is 0 Å². The van der Waals surface area contributed by atoms with Gasteiger partial charge < -0.3 is 14.6 Å². The summed E-state index contributed by atoms with van der Waals surface area (Å²) in [6.45, 7) is 1.79. The van der Waals surface area contributed by atoms with Crippen molar-refractivity contribution in [2.75, 3.05) is 13.7 Å². The fraction of sp³-hybridized carbons (Fsp3) is 0.250. The first-order valence-corrected chi connectivity index (χ1v) is 6.78. The number of ether oxygens (including phenoxy) is 1. The van der Waals surface area contributed by atoms with E-state index in [9.17, 15) is 4.79 Å². The van der Waals surface area contributed by atoms with E-state index in [2.05, 4.69) is 10.3 Å². The van der Waals surface area contributed by atoms with Crippen LogP contribution in [-0.2, 0) is 22.6 Å². The van der Waals surface area contributed by atoms with Crippen LogP contribution < -0.4 is 5.32 Å². The molecule has 2 rings (SSSR count). The monoisotopic (exact) mass is 285 g/mol. The van der Waals surface area contributed by atoms with Crippen molar-refractivity contribution in [2.24, 2.45) is 0 Å². The van der Waals surface area contributed by atoms with Crippen LogP contribution in [0.2, 0.25) is 0 Å². The maximum atomic E-state index is 11.8. The van der Waals surface area contributed by atoms with Gasteiger partial charge in [-0.15, -0.1) is 0 Å². The topological polar surface area (TPSA) is 56.1 Å². The van der Waals surface area contributed by atoms with Crippen LogP contribution in [0, 0.1) is 0 Å². The van der Waals surface area contributed by atoms with Gasteiger partial charge in [0.15, 0.2) is 0 Å². The molecule has 1 aromatic carbocycles. The molecule has 0 spiro atoms. The van der Waals surface area contributed by atoms with Gasteiger partial charge in [0.25, 0.3) is 0 Å². The lowest BCUT2D eigenvalue weighted by Gasteiger charge is -2.07.